The van der Waals surface area contributed by atoms with Crippen LogP contribution in [0.1, 0.15) is 18.5 Å². The molecule has 162 valence electrons. The largest absolute Gasteiger partial charge is 0.331 e. The number of carbonyl (C=O) groups is 2. The molecule has 1 atom stereocenters. The number of urea groups is 1. The normalized spacial score (nSPS) is 12.2. The van der Waals surface area contributed by atoms with E-state index in [0.717, 1.165) is 22.6 Å². The van der Waals surface area contributed by atoms with Crippen LogP contribution >= 0.6 is 0 Å². The lowest BCUT2D eigenvalue weighted by atomic mass is 10.1. The van der Waals surface area contributed by atoms with Crippen LogP contribution in [-0.4, -0.2) is 45.1 Å². The van der Waals surface area contributed by atoms with E-state index in [-0.39, 0.29) is 23.4 Å². The van der Waals surface area contributed by atoms with Gasteiger partial charge in [-0.2, -0.15) is 0 Å². The maximum Gasteiger partial charge on any atom is 0.318 e. The monoisotopic (exact) mass is 439 g/mol. The van der Waals surface area contributed by atoms with Crippen molar-refractivity contribution < 1.29 is 18.0 Å². The fourth-order valence-electron chi connectivity index (χ4n) is 3.19. The van der Waals surface area contributed by atoms with Gasteiger partial charge in [0.2, 0.25) is 5.91 Å². The van der Waals surface area contributed by atoms with Crippen molar-refractivity contribution in [1.29, 1.82) is 0 Å². The minimum absolute atomic E-state index is 0.116. The number of hydrogen-bond donors (Lipinski definition) is 2. The Bertz CT molecular complexity index is 1200. The number of hydrogen-bond acceptors (Lipinski definition) is 4. The molecule has 0 radical (unpaired) electrons. The number of sulfone groups is 1. The van der Waals surface area contributed by atoms with Gasteiger partial charge in [-0.1, -0.05) is 48.5 Å². The van der Waals surface area contributed by atoms with E-state index in [1.807, 2.05) is 42.5 Å². The molecule has 2 N–H and O–H groups in total. The first-order chi connectivity index (χ1) is 14.6. The molecule has 3 aromatic rings. The van der Waals surface area contributed by atoms with Gasteiger partial charge < -0.3 is 15.5 Å². The first kappa shape index (κ1) is 22.3. The Labute approximate surface area is 182 Å². The molecular formula is C23H25N3O4S. The van der Waals surface area contributed by atoms with Crippen LogP contribution in [0.25, 0.3) is 10.8 Å². The summed E-state index contributed by atoms with van der Waals surface area (Å²) in [5.74, 6) is -0.306. The maximum absolute atomic E-state index is 12.5. The van der Waals surface area contributed by atoms with Crippen molar-refractivity contribution >= 4 is 38.2 Å². The molecule has 0 saturated heterocycles. The standard InChI is InChI=1S/C23H25N3O4S/c1-16(17-11-13-19(14-12-17)31(3,29)30)24-23(28)26(2)15-22(27)25-21-10-6-8-18-7-4-5-9-20(18)21/h4-14,16H,15H2,1-3H3,(H,24,28)(H,25,27). The fourth-order valence-corrected chi connectivity index (χ4v) is 3.82. The molecule has 0 aliphatic carbocycles. The highest BCUT2D eigenvalue weighted by atomic mass is 32.2. The number of rotatable bonds is 6. The Morgan fingerprint density at radius 2 is 1.61 bits per heavy atom. The molecule has 1 unspecified atom stereocenters. The molecule has 0 fully saturated rings. The molecule has 0 spiro atoms. The summed E-state index contributed by atoms with van der Waals surface area (Å²) >= 11 is 0. The van der Waals surface area contributed by atoms with E-state index in [1.54, 1.807) is 19.1 Å². The van der Waals surface area contributed by atoms with Crippen LogP contribution in [-0.2, 0) is 14.6 Å². The number of nitrogens with zero attached hydrogens (tertiary/aromatic N) is 1. The highest BCUT2D eigenvalue weighted by Crippen LogP contribution is 2.23. The zero-order chi connectivity index (χ0) is 22.6. The molecule has 0 saturated carbocycles. The van der Waals surface area contributed by atoms with Crippen molar-refractivity contribution in [3.8, 4) is 0 Å². The third-order valence-corrected chi connectivity index (χ3v) is 6.07. The van der Waals surface area contributed by atoms with Crippen LogP contribution in [0.15, 0.2) is 71.6 Å². The van der Waals surface area contributed by atoms with E-state index in [2.05, 4.69) is 10.6 Å². The smallest absolute Gasteiger partial charge is 0.318 e. The van der Waals surface area contributed by atoms with Gasteiger partial charge in [-0.3, -0.25) is 4.79 Å². The summed E-state index contributed by atoms with van der Waals surface area (Å²) in [5.41, 5.74) is 1.45. The lowest BCUT2D eigenvalue weighted by molar-refractivity contribution is -0.116. The highest BCUT2D eigenvalue weighted by Gasteiger charge is 2.17. The molecule has 0 aliphatic rings. The Morgan fingerprint density at radius 1 is 0.968 bits per heavy atom. The minimum atomic E-state index is -3.27. The fraction of sp³-hybridized carbons (Fsp3) is 0.217. The predicted molar refractivity (Wildman–Crippen MR) is 122 cm³/mol. The quantitative estimate of drug-likeness (QED) is 0.614. The number of amides is 3. The van der Waals surface area contributed by atoms with Gasteiger partial charge in [0, 0.05) is 24.4 Å². The number of nitrogens with one attached hydrogen (secondary N) is 2. The average Bonchev–Trinajstić information content (AvgIpc) is 2.73. The molecule has 0 aliphatic heterocycles. The van der Waals surface area contributed by atoms with Crippen molar-refractivity contribution in [2.75, 3.05) is 25.2 Å². The Balaban J connectivity index is 1.59. The second-order valence-corrected chi connectivity index (χ2v) is 9.46. The lowest BCUT2D eigenvalue weighted by Gasteiger charge is -2.21. The van der Waals surface area contributed by atoms with Gasteiger partial charge in [0.15, 0.2) is 9.84 Å². The minimum Gasteiger partial charge on any atom is -0.331 e. The van der Waals surface area contributed by atoms with Gasteiger partial charge in [-0.25, -0.2) is 13.2 Å². The van der Waals surface area contributed by atoms with Crippen molar-refractivity contribution in [3.63, 3.8) is 0 Å². The van der Waals surface area contributed by atoms with Gasteiger partial charge in [-0.05, 0) is 36.1 Å². The van der Waals surface area contributed by atoms with Crippen LogP contribution in [0.3, 0.4) is 0 Å². The average molecular weight is 440 g/mol. The molecule has 0 aromatic heterocycles. The summed E-state index contributed by atoms with van der Waals surface area (Å²) in [5, 5.41) is 7.61. The van der Waals surface area contributed by atoms with Gasteiger partial charge in [0.05, 0.1) is 10.9 Å². The summed E-state index contributed by atoms with van der Waals surface area (Å²) in [7, 11) is -1.74. The van der Waals surface area contributed by atoms with Gasteiger partial charge in [0.25, 0.3) is 0 Å². The summed E-state index contributed by atoms with van der Waals surface area (Å²) in [6, 6.07) is 19.0. The van der Waals surface area contributed by atoms with Crippen LogP contribution in [0.5, 0.6) is 0 Å². The van der Waals surface area contributed by atoms with E-state index >= 15 is 0 Å². The molecular weight excluding hydrogens is 414 g/mol. The zero-order valence-corrected chi connectivity index (χ0v) is 18.4. The summed E-state index contributed by atoms with van der Waals surface area (Å²) in [4.78, 5) is 26.5. The molecule has 7 nitrogen and oxygen atoms in total. The van der Waals surface area contributed by atoms with Crippen molar-refractivity contribution in [3.05, 3.63) is 72.3 Å². The number of likely N-dealkylation sites (N-methyl/N-ethyl adjacent to an activating group) is 1. The summed E-state index contributed by atoms with van der Waals surface area (Å²) in [6.07, 6.45) is 1.14. The van der Waals surface area contributed by atoms with Crippen LogP contribution in [0.4, 0.5) is 10.5 Å². The molecule has 3 amide bonds. The van der Waals surface area contributed by atoms with Gasteiger partial charge in [0.1, 0.15) is 6.54 Å². The van der Waals surface area contributed by atoms with E-state index in [1.165, 1.54) is 24.1 Å². The Hall–Kier alpha value is -3.39. The second-order valence-electron chi connectivity index (χ2n) is 7.44. The highest BCUT2D eigenvalue weighted by molar-refractivity contribution is 7.90. The van der Waals surface area contributed by atoms with E-state index in [4.69, 9.17) is 0 Å². The molecule has 8 heteroatoms. The first-order valence-corrected chi connectivity index (χ1v) is 11.6. The SMILES string of the molecule is CC(NC(=O)N(C)CC(=O)Nc1cccc2ccccc12)c1ccc(S(C)(=O)=O)cc1. The third-order valence-electron chi connectivity index (χ3n) is 4.94. The number of anilines is 1. The van der Waals surface area contributed by atoms with Gasteiger partial charge >= 0.3 is 6.03 Å². The number of carbonyl (C=O) groups excluding carboxylic acids is 2. The Morgan fingerprint density at radius 3 is 2.29 bits per heavy atom. The molecule has 31 heavy (non-hydrogen) atoms. The number of benzene rings is 3. The van der Waals surface area contributed by atoms with E-state index < -0.39 is 15.9 Å². The first-order valence-electron chi connectivity index (χ1n) is 9.74. The van der Waals surface area contributed by atoms with E-state index in [0.29, 0.717) is 5.69 Å². The molecule has 0 heterocycles. The second kappa shape index (κ2) is 9.18. The van der Waals surface area contributed by atoms with Crippen molar-refractivity contribution in [1.82, 2.24) is 10.2 Å². The third kappa shape index (κ3) is 5.61. The van der Waals surface area contributed by atoms with Crippen molar-refractivity contribution in [2.24, 2.45) is 0 Å². The maximum atomic E-state index is 12.5. The van der Waals surface area contributed by atoms with Crippen LogP contribution in [0.2, 0.25) is 0 Å². The molecule has 0 bridgehead atoms. The van der Waals surface area contributed by atoms with Crippen LogP contribution in [0, 0.1) is 0 Å². The van der Waals surface area contributed by atoms with Gasteiger partial charge in [-0.15, -0.1) is 0 Å². The van der Waals surface area contributed by atoms with Crippen molar-refractivity contribution in [2.45, 2.75) is 17.9 Å². The number of fused-ring (bicyclic) bond motifs is 1. The lowest BCUT2D eigenvalue weighted by Crippen LogP contribution is -2.42. The van der Waals surface area contributed by atoms with E-state index in [9.17, 15) is 18.0 Å². The zero-order valence-electron chi connectivity index (χ0n) is 17.6. The molecule has 3 aromatic carbocycles. The Kier molecular flexibility index (Phi) is 6.60. The topological polar surface area (TPSA) is 95.6 Å². The molecule has 3 rings (SSSR count). The predicted octanol–water partition coefficient (Wildman–Crippen LogP) is 3.58. The van der Waals surface area contributed by atoms with Crippen LogP contribution < -0.4 is 10.6 Å². The summed E-state index contributed by atoms with van der Waals surface area (Å²) in [6.45, 7) is 1.67. The summed E-state index contributed by atoms with van der Waals surface area (Å²) < 4.78 is 23.1.